The topological polar surface area (TPSA) is 29.5 Å². The van der Waals surface area contributed by atoms with E-state index in [9.17, 15) is 18.0 Å². The van der Waals surface area contributed by atoms with Crippen LogP contribution in [0.25, 0.3) is 0 Å². The van der Waals surface area contributed by atoms with E-state index in [0.717, 1.165) is 6.07 Å². The summed E-state index contributed by atoms with van der Waals surface area (Å²) in [7, 11) is 0. The molecule has 19 heavy (non-hydrogen) atoms. The van der Waals surface area contributed by atoms with Gasteiger partial charge in [0.1, 0.15) is 12.0 Å². The average molecular weight is 294 g/mol. The Labute approximate surface area is 112 Å². The zero-order valence-corrected chi connectivity index (χ0v) is 10.8. The van der Waals surface area contributed by atoms with Crippen LogP contribution in [0.5, 0.6) is 5.75 Å². The molecule has 1 aliphatic rings. The van der Waals surface area contributed by atoms with Crippen LogP contribution in [-0.4, -0.2) is 24.4 Å². The predicted molar refractivity (Wildman–Crippen MR) is 64.6 cm³/mol. The van der Waals surface area contributed by atoms with E-state index in [-0.39, 0.29) is 24.6 Å². The molecule has 0 fully saturated rings. The van der Waals surface area contributed by atoms with Crippen LogP contribution in [0, 0.1) is 0 Å². The number of benzene rings is 1. The molecule has 1 atom stereocenters. The minimum atomic E-state index is -4.52. The molecule has 0 aromatic heterocycles. The third-order valence-electron chi connectivity index (χ3n) is 2.76. The molecule has 7 heteroatoms. The maximum atomic E-state index is 12.9. The maximum absolute atomic E-state index is 12.9. The quantitative estimate of drug-likeness (QED) is 0.745. The molecule has 1 heterocycles. The molecule has 1 aromatic rings. The van der Waals surface area contributed by atoms with Crippen molar-refractivity contribution < 1.29 is 22.7 Å². The van der Waals surface area contributed by atoms with E-state index in [1.807, 2.05) is 0 Å². The Bertz CT molecular complexity index is 502. The summed E-state index contributed by atoms with van der Waals surface area (Å²) in [4.78, 5) is 13.1. The van der Waals surface area contributed by atoms with Crippen molar-refractivity contribution in [1.29, 1.82) is 0 Å². The van der Waals surface area contributed by atoms with Crippen molar-refractivity contribution in [3.63, 3.8) is 0 Å². The van der Waals surface area contributed by atoms with Crippen molar-refractivity contribution in [2.45, 2.75) is 18.5 Å². The van der Waals surface area contributed by atoms with Crippen LogP contribution in [-0.2, 0) is 11.0 Å². The Morgan fingerprint density at radius 3 is 2.74 bits per heavy atom. The lowest BCUT2D eigenvalue weighted by atomic mass is 10.1. The van der Waals surface area contributed by atoms with Gasteiger partial charge in [-0.2, -0.15) is 13.2 Å². The number of carbonyl (C=O) groups is 1. The van der Waals surface area contributed by atoms with Crippen LogP contribution in [0.4, 0.5) is 18.9 Å². The standard InChI is InChI=1S/C12H11ClF3NO2/c1-7(13)11(18)17-5-6-19-10-8(12(14,15)16)3-2-4-9(10)17/h2-4,7H,5-6H2,1H3. The van der Waals surface area contributed by atoms with Crippen LogP contribution in [0.2, 0.25) is 0 Å². The summed E-state index contributed by atoms with van der Waals surface area (Å²) >= 11 is 5.70. The lowest BCUT2D eigenvalue weighted by molar-refractivity contribution is -0.139. The van der Waals surface area contributed by atoms with E-state index in [2.05, 4.69) is 0 Å². The van der Waals surface area contributed by atoms with E-state index in [1.165, 1.54) is 24.0 Å². The second-order valence-corrected chi connectivity index (χ2v) is 4.76. The van der Waals surface area contributed by atoms with E-state index in [1.54, 1.807) is 0 Å². The SMILES string of the molecule is CC(Cl)C(=O)N1CCOc2c1cccc2C(F)(F)F. The molecular formula is C12H11ClF3NO2. The molecule has 104 valence electrons. The van der Waals surface area contributed by atoms with Crippen molar-refractivity contribution in [2.24, 2.45) is 0 Å². The minimum Gasteiger partial charge on any atom is -0.489 e. The predicted octanol–water partition coefficient (Wildman–Crippen LogP) is 3.06. The van der Waals surface area contributed by atoms with E-state index in [0.29, 0.717) is 0 Å². The number of carbonyl (C=O) groups excluding carboxylic acids is 1. The van der Waals surface area contributed by atoms with Gasteiger partial charge in [0, 0.05) is 0 Å². The van der Waals surface area contributed by atoms with Crippen molar-refractivity contribution in [3.05, 3.63) is 23.8 Å². The number of hydrogen-bond donors (Lipinski definition) is 0. The molecule has 0 N–H and O–H groups in total. The third kappa shape index (κ3) is 2.63. The van der Waals surface area contributed by atoms with Gasteiger partial charge < -0.3 is 9.64 Å². The number of ether oxygens (including phenoxy) is 1. The maximum Gasteiger partial charge on any atom is 0.420 e. The van der Waals surface area contributed by atoms with E-state index in [4.69, 9.17) is 16.3 Å². The Morgan fingerprint density at radius 2 is 2.16 bits per heavy atom. The fourth-order valence-corrected chi connectivity index (χ4v) is 2.03. The number of nitrogens with zero attached hydrogens (tertiary/aromatic N) is 1. The monoisotopic (exact) mass is 293 g/mol. The molecule has 2 rings (SSSR count). The largest absolute Gasteiger partial charge is 0.489 e. The minimum absolute atomic E-state index is 0.00937. The van der Waals surface area contributed by atoms with Crippen molar-refractivity contribution in [3.8, 4) is 5.75 Å². The van der Waals surface area contributed by atoms with Gasteiger partial charge in [0.15, 0.2) is 5.75 Å². The zero-order valence-electron chi connectivity index (χ0n) is 10.00. The summed E-state index contributed by atoms with van der Waals surface area (Å²) in [6.07, 6.45) is -4.52. The van der Waals surface area contributed by atoms with Crippen LogP contribution in [0.1, 0.15) is 12.5 Å². The summed E-state index contributed by atoms with van der Waals surface area (Å²) in [6, 6.07) is 3.59. The highest BCUT2D eigenvalue weighted by molar-refractivity contribution is 6.32. The number of amides is 1. The second-order valence-electron chi connectivity index (χ2n) is 4.11. The van der Waals surface area contributed by atoms with Crippen LogP contribution in [0.3, 0.4) is 0 Å². The summed E-state index contributed by atoms with van der Waals surface area (Å²) in [5, 5.41) is -0.805. The first-order valence-corrected chi connectivity index (χ1v) is 6.04. The highest BCUT2D eigenvalue weighted by Gasteiger charge is 2.38. The first-order chi connectivity index (χ1) is 8.82. The smallest absolute Gasteiger partial charge is 0.420 e. The lowest BCUT2D eigenvalue weighted by Gasteiger charge is -2.31. The van der Waals surface area contributed by atoms with Crippen LogP contribution in [0.15, 0.2) is 18.2 Å². The Morgan fingerprint density at radius 1 is 1.47 bits per heavy atom. The highest BCUT2D eigenvalue weighted by atomic mass is 35.5. The fraction of sp³-hybridized carbons (Fsp3) is 0.417. The van der Waals surface area contributed by atoms with E-state index >= 15 is 0 Å². The van der Waals surface area contributed by atoms with Gasteiger partial charge in [-0.25, -0.2) is 0 Å². The summed E-state index contributed by atoms with van der Waals surface area (Å²) in [5.41, 5.74) is -0.775. The van der Waals surface area contributed by atoms with Gasteiger partial charge in [-0.3, -0.25) is 4.79 Å². The Hall–Kier alpha value is -1.43. The number of rotatable bonds is 1. The third-order valence-corrected chi connectivity index (χ3v) is 2.94. The van der Waals surface area contributed by atoms with Crippen molar-refractivity contribution in [1.82, 2.24) is 0 Å². The summed E-state index contributed by atoms with van der Waals surface area (Å²) in [5.74, 6) is -0.752. The normalized spacial score (nSPS) is 16.6. The second kappa shape index (κ2) is 4.92. The summed E-state index contributed by atoms with van der Waals surface area (Å²) in [6.45, 7) is 1.67. The Kier molecular flexibility index (Phi) is 3.62. The van der Waals surface area contributed by atoms with Crippen LogP contribution < -0.4 is 9.64 Å². The molecule has 0 radical (unpaired) electrons. The van der Waals surface area contributed by atoms with Gasteiger partial charge >= 0.3 is 6.18 Å². The fourth-order valence-electron chi connectivity index (χ4n) is 1.92. The number of fused-ring (bicyclic) bond motifs is 1. The Balaban J connectivity index is 2.49. The van der Waals surface area contributed by atoms with Gasteiger partial charge in [0.25, 0.3) is 0 Å². The van der Waals surface area contributed by atoms with Gasteiger partial charge in [0.2, 0.25) is 5.91 Å². The number of hydrogen-bond acceptors (Lipinski definition) is 2. The van der Waals surface area contributed by atoms with Gasteiger partial charge in [0.05, 0.1) is 17.8 Å². The number of alkyl halides is 4. The average Bonchev–Trinajstić information content (AvgIpc) is 2.35. The van der Waals surface area contributed by atoms with Gasteiger partial charge in [-0.05, 0) is 19.1 Å². The molecular weight excluding hydrogens is 283 g/mol. The summed E-state index contributed by atoms with van der Waals surface area (Å²) < 4.78 is 43.6. The van der Waals surface area contributed by atoms with Gasteiger partial charge in [-0.15, -0.1) is 11.6 Å². The molecule has 0 spiro atoms. The molecule has 1 aromatic carbocycles. The number of para-hydroxylation sites is 1. The lowest BCUT2D eigenvalue weighted by Crippen LogP contribution is -2.41. The van der Waals surface area contributed by atoms with Crippen molar-refractivity contribution in [2.75, 3.05) is 18.1 Å². The molecule has 1 aliphatic heterocycles. The molecule has 1 amide bonds. The molecule has 1 unspecified atom stereocenters. The molecule has 0 saturated heterocycles. The highest BCUT2D eigenvalue weighted by Crippen LogP contribution is 2.43. The molecule has 3 nitrogen and oxygen atoms in total. The molecule has 0 bridgehead atoms. The van der Waals surface area contributed by atoms with E-state index < -0.39 is 23.0 Å². The molecule has 0 aliphatic carbocycles. The first kappa shape index (κ1) is 14.0. The number of halogens is 4. The van der Waals surface area contributed by atoms with Crippen molar-refractivity contribution >= 4 is 23.2 Å². The zero-order chi connectivity index (χ0) is 14.2. The number of anilines is 1. The molecule has 0 saturated carbocycles. The first-order valence-electron chi connectivity index (χ1n) is 5.61. The van der Waals surface area contributed by atoms with Gasteiger partial charge in [-0.1, -0.05) is 6.07 Å². The van der Waals surface area contributed by atoms with Crippen LogP contribution >= 0.6 is 11.6 Å².